The molecule has 1 saturated carbocycles. The number of carbonyl (C=O) groups is 2. The van der Waals surface area contributed by atoms with E-state index in [1.54, 1.807) is 7.11 Å². The molecule has 3 heterocycles. The Balaban J connectivity index is 1.45. The fourth-order valence-corrected chi connectivity index (χ4v) is 4.74. The van der Waals surface area contributed by atoms with Crippen LogP contribution in [0.5, 0.6) is 5.88 Å². The number of hydrogen-bond acceptors (Lipinski definition) is 5. The molecule has 28 heavy (non-hydrogen) atoms. The van der Waals surface area contributed by atoms with Crippen molar-refractivity contribution in [3.05, 3.63) is 22.9 Å². The zero-order valence-corrected chi connectivity index (χ0v) is 16.9. The second-order valence-corrected chi connectivity index (χ2v) is 8.12. The SMILES string of the molecule is CCN1CC[C@@H](C(=O)NCc2cc3c(nc2OC)CN(C2CCCC2)C3=O)C1. The van der Waals surface area contributed by atoms with Crippen LogP contribution in [0.4, 0.5) is 0 Å². The van der Waals surface area contributed by atoms with E-state index in [0.717, 1.165) is 50.2 Å². The maximum atomic E-state index is 12.9. The number of ether oxygens (including phenoxy) is 1. The molecule has 0 aromatic carbocycles. The molecule has 2 aliphatic heterocycles. The second-order valence-electron chi connectivity index (χ2n) is 8.12. The second kappa shape index (κ2) is 8.07. The molecule has 1 saturated heterocycles. The van der Waals surface area contributed by atoms with E-state index in [9.17, 15) is 9.59 Å². The van der Waals surface area contributed by atoms with E-state index in [-0.39, 0.29) is 17.7 Å². The fraction of sp³-hybridized carbons (Fsp3) is 0.667. The van der Waals surface area contributed by atoms with Gasteiger partial charge in [-0.1, -0.05) is 19.8 Å². The van der Waals surface area contributed by atoms with E-state index in [1.165, 1.54) is 12.8 Å². The largest absolute Gasteiger partial charge is 0.481 e. The minimum absolute atomic E-state index is 0.0350. The molecular formula is C21H30N4O3. The summed E-state index contributed by atoms with van der Waals surface area (Å²) in [6.07, 6.45) is 5.44. The Bertz CT molecular complexity index is 760. The number of hydrogen-bond donors (Lipinski definition) is 1. The molecule has 1 N–H and O–H groups in total. The molecule has 1 aromatic heterocycles. The number of methoxy groups -OCH3 is 1. The first-order valence-electron chi connectivity index (χ1n) is 10.5. The molecule has 1 aromatic rings. The maximum absolute atomic E-state index is 12.9. The lowest BCUT2D eigenvalue weighted by Crippen LogP contribution is -2.33. The smallest absolute Gasteiger partial charge is 0.256 e. The van der Waals surface area contributed by atoms with Crippen molar-refractivity contribution >= 4 is 11.8 Å². The topological polar surface area (TPSA) is 74.8 Å². The molecule has 3 aliphatic rings. The summed E-state index contributed by atoms with van der Waals surface area (Å²) in [5.41, 5.74) is 2.22. The molecule has 0 spiro atoms. The number of aromatic nitrogens is 1. The van der Waals surface area contributed by atoms with Crippen LogP contribution in [-0.4, -0.2) is 59.4 Å². The summed E-state index contributed by atoms with van der Waals surface area (Å²) in [7, 11) is 1.58. The molecule has 1 aliphatic carbocycles. The zero-order chi connectivity index (χ0) is 19.7. The number of fused-ring (bicyclic) bond motifs is 1. The third-order valence-electron chi connectivity index (χ3n) is 6.45. The predicted octanol–water partition coefficient (Wildman–Crippen LogP) is 1.95. The van der Waals surface area contributed by atoms with Gasteiger partial charge in [0.1, 0.15) is 0 Å². The number of carbonyl (C=O) groups excluding carboxylic acids is 2. The van der Waals surface area contributed by atoms with Gasteiger partial charge < -0.3 is 19.9 Å². The molecule has 0 radical (unpaired) electrons. The van der Waals surface area contributed by atoms with Crippen LogP contribution in [-0.2, 0) is 17.9 Å². The Kier molecular flexibility index (Phi) is 5.53. The predicted molar refractivity (Wildman–Crippen MR) is 105 cm³/mol. The van der Waals surface area contributed by atoms with E-state index in [1.807, 2.05) is 11.0 Å². The van der Waals surface area contributed by atoms with Crippen LogP contribution >= 0.6 is 0 Å². The monoisotopic (exact) mass is 386 g/mol. The van der Waals surface area contributed by atoms with Crippen molar-refractivity contribution in [1.29, 1.82) is 0 Å². The van der Waals surface area contributed by atoms with Crippen LogP contribution in [0.25, 0.3) is 0 Å². The third-order valence-corrected chi connectivity index (χ3v) is 6.45. The fourth-order valence-electron chi connectivity index (χ4n) is 4.74. The zero-order valence-electron chi connectivity index (χ0n) is 16.9. The average Bonchev–Trinajstić information content (AvgIpc) is 3.45. The van der Waals surface area contributed by atoms with Gasteiger partial charge in [0.2, 0.25) is 11.8 Å². The van der Waals surface area contributed by atoms with Gasteiger partial charge in [-0.15, -0.1) is 0 Å². The Morgan fingerprint density at radius 3 is 2.79 bits per heavy atom. The highest BCUT2D eigenvalue weighted by molar-refractivity contribution is 5.98. The van der Waals surface area contributed by atoms with E-state index < -0.39 is 0 Å². The minimum atomic E-state index is 0.0350. The highest BCUT2D eigenvalue weighted by Gasteiger charge is 2.36. The number of likely N-dealkylation sites (tertiary alicyclic amines) is 1. The summed E-state index contributed by atoms with van der Waals surface area (Å²) in [5.74, 6) is 0.672. The van der Waals surface area contributed by atoms with Crippen LogP contribution in [0.3, 0.4) is 0 Å². The molecule has 0 unspecified atom stereocenters. The molecule has 2 fully saturated rings. The number of pyridine rings is 1. The van der Waals surface area contributed by atoms with Gasteiger partial charge in [0.25, 0.3) is 5.91 Å². The Morgan fingerprint density at radius 2 is 2.11 bits per heavy atom. The van der Waals surface area contributed by atoms with Gasteiger partial charge in [0.05, 0.1) is 30.8 Å². The van der Waals surface area contributed by atoms with Crippen LogP contribution in [0, 0.1) is 5.92 Å². The summed E-state index contributed by atoms with van der Waals surface area (Å²) >= 11 is 0. The van der Waals surface area contributed by atoms with E-state index in [4.69, 9.17) is 4.74 Å². The molecule has 4 rings (SSSR count). The molecule has 7 nitrogen and oxygen atoms in total. The van der Waals surface area contributed by atoms with Gasteiger partial charge in [-0.2, -0.15) is 0 Å². The van der Waals surface area contributed by atoms with Crippen molar-refractivity contribution < 1.29 is 14.3 Å². The highest BCUT2D eigenvalue weighted by Crippen LogP contribution is 2.33. The summed E-state index contributed by atoms with van der Waals surface area (Å²) in [6.45, 7) is 5.79. The van der Waals surface area contributed by atoms with Crippen molar-refractivity contribution in [2.75, 3.05) is 26.7 Å². The number of amides is 2. The molecule has 7 heteroatoms. The molecule has 2 amide bonds. The first kappa shape index (κ1) is 19.2. The standard InChI is InChI=1S/C21H30N4O3/c1-3-24-9-8-14(12-24)19(26)22-11-15-10-17-18(23-20(15)28-2)13-25(21(17)27)16-6-4-5-7-16/h10,14,16H,3-9,11-13H2,1-2H3,(H,22,26)/t14-/m1/s1. The van der Waals surface area contributed by atoms with E-state index >= 15 is 0 Å². The van der Waals surface area contributed by atoms with Crippen molar-refractivity contribution in [1.82, 2.24) is 20.1 Å². The van der Waals surface area contributed by atoms with Gasteiger partial charge >= 0.3 is 0 Å². The Labute approximate surface area is 166 Å². The summed E-state index contributed by atoms with van der Waals surface area (Å²) < 4.78 is 5.46. The van der Waals surface area contributed by atoms with E-state index in [2.05, 4.69) is 22.1 Å². The van der Waals surface area contributed by atoms with Gasteiger partial charge in [-0.05, 0) is 38.4 Å². The minimum Gasteiger partial charge on any atom is -0.481 e. The van der Waals surface area contributed by atoms with Crippen molar-refractivity contribution in [3.8, 4) is 5.88 Å². The summed E-state index contributed by atoms with van der Waals surface area (Å²) in [5, 5.41) is 3.02. The first-order chi connectivity index (χ1) is 13.6. The van der Waals surface area contributed by atoms with Crippen LogP contribution in [0.1, 0.15) is 60.6 Å². The molecule has 152 valence electrons. The Morgan fingerprint density at radius 1 is 1.32 bits per heavy atom. The number of rotatable bonds is 6. The molecular weight excluding hydrogens is 356 g/mol. The van der Waals surface area contributed by atoms with E-state index in [0.29, 0.717) is 30.6 Å². The van der Waals surface area contributed by atoms with Crippen molar-refractivity contribution in [3.63, 3.8) is 0 Å². The lowest BCUT2D eigenvalue weighted by Gasteiger charge is -2.22. The average molecular weight is 386 g/mol. The highest BCUT2D eigenvalue weighted by atomic mass is 16.5. The normalized spacial score (nSPS) is 22.7. The molecule has 1 atom stereocenters. The van der Waals surface area contributed by atoms with Gasteiger partial charge in [-0.25, -0.2) is 4.98 Å². The van der Waals surface area contributed by atoms with Gasteiger partial charge in [0.15, 0.2) is 0 Å². The third kappa shape index (κ3) is 3.60. The summed E-state index contributed by atoms with van der Waals surface area (Å²) in [4.78, 5) is 34.3. The summed E-state index contributed by atoms with van der Waals surface area (Å²) in [6, 6.07) is 2.20. The van der Waals surface area contributed by atoms with Gasteiger partial charge in [0, 0.05) is 24.7 Å². The lowest BCUT2D eigenvalue weighted by molar-refractivity contribution is -0.124. The van der Waals surface area contributed by atoms with Crippen molar-refractivity contribution in [2.45, 2.75) is 58.2 Å². The van der Waals surface area contributed by atoms with Crippen LogP contribution in [0.2, 0.25) is 0 Å². The number of nitrogens with one attached hydrogen (secondary N) is 1. The maximum Gasteiger partial charge on any atom is 0.256 e. The first-order valence-corrected chi connectivity index (χ1v) is 10.5. The van der Waals surface area contributed by atoms with Crippen LogP contribution < -0.4 is 10.1 Å². The van der Waals surface area contributed by atoms with Gasteiger partial charge in [-0.3, -0.25) is 9.59 Å². The van der Waals surface area contributed by atoms with Crippen LogP contribution in [0.15, 0.2) is 6.07 Å². The Hall–Kier alpha value is -2.15. The molecule has 0 bridgehead atoms. The van der Waals surface area contributed by atoms with Crippen molar-refractivity contribution in [2.24, 2.45) is 5.92 Å². The number of nitrogens with zero attached hydrogens (tertiary/aromatic N) is 3. The quantitative estimate of drug-likeness (QED) is 0.809. The lowest BCUT2D eigenvalue weighted by atomic mass is 10.1.